The average molecular weight is 234 g/mol. The van der Waals surface area contributed by atoms with Crippen LogP contribution in [0.1, 0.15) is 0 Å². The second-order valence-corrected chi connectivity index (χ2v) is 2.74. The summed E-state index contributed by atoms with van der Waals surface area (Å²) < 4.78 is 0.844. The van der Waals surface area contributed by atoms with Crippen molar-refractivity contribution in [2.45, 2.75) is 0 Å². The van der Waals surface area contributed by atoms with Crippen LogP contribution in [0.2, 0.25) is 0 Å². The van der Waals surface area contributed by atoms with Gasteiger partial charge in [0, 0.05) is 0 Å². The van der Waals surface area contributed by atoms with E-state index in [1.807, 2.05) is 0 Å². The predicted molar refractivity (Wildman–Crippen MR) is 38.5 cm³/mol. The Labute approximate surface area is 67.8 Å². The molecule has 0 saturated heterocycles. The van der Waals surface area contributed by atoms with E-state index in [1.165, 1.54) is 0 Å². The molecule has 3 heteroatoms. The Balaban J connectivity index is 0. The minimum atomic E-state index is 0. The van der Waals surface area contributed by atoms with E-state index >= 15 is 0 Å². The Bertz CT molecular complexity index is 50.9. The van der Waals surface area contributed by atoms with Gasteiger partial charge in [-0.25, -0.2) is 0 Å². The van der Waals surface area contributed by atoms with Gasteiger partial charge >= 0.3 is 23.7 Å². The van der Waals surface area contributed by atoms with E-state index in [0.717, 1.165) is 11.0 Å². The van der Waals surface area contributed by atoms with Crippen molar-refractivity contribution in [2.75, 3.05) is 34.3 Å². The molecular formula is C5H16NOTe+. The van der Waals surface area contributed by atoms with Crippen molar-refractivity contribution in [1.82, 2.24) is 0 Å². The topological polar surface area (TPSA) is 20.2 Å². The summed E-state index contributed by atoms with van der Waals surface area (Å²) in [5.41, 5.74) is 0. The third-order valence-electron chi connectivity index (χ3n) is 0.771. The fourth-order valence-electron chi connectivity index (χ4n) is 0.300. The third-order valence-corrected chi connectivity index (χ3v) is 0.771. The molecular weight excluding hydrogens is 218 g/mol. The summed E-state index contributed by atoms with van der Waals surface area (Å²) >= 11 is 0. The number of quaternary nitrogens is 1. The summed E-state index contributed by atoms with van der Waals surface area (Å²) in [5, 5.41) is 8.39. The van der Waals surface area contributed by atoms with E-state index < -0.39 is 0 Å². The van der Waals surface area contributed by atoms with Crippen molar-refractivity contribution in [3.05, 3.63) is 0 Å². The van der Waals surface area contributed by atoms with E-state index in [1.54, 1.807) is 0 Å². The second-order valence-electron chi connectivity index (χ2n) is 2.74. The van der Waals surface area contributed by atoms with Crippen molar-refractivity contribution < 1.29 is 9.59 Å². The van der Waals surface area contributed by atoms with Crippen molar-refractivity contribution in [3.8, 4) is 0 Å². The molecule has 0 heterocycles. The maximum absolute atomic E-state index is 8.39. The Morgan fingerprint density at radius 2 is 1.62 bits per heavy atom. The van der Waals surface area contributed by atoms with Gasteiger partial charge in [0.25, 0.3) is 0 Å². The molecule has 0 aliphatic carbocycles. The zero-order valence-electron chi connectivity index (χ0n) is 5.81. The molecule has 0 atom stereocenters. The number of hydrogen-bond acceptors (Lipinski definition) is 1. The molecule has 0 rings (SSSR count). The van der Waals surface area contributed by atoms with Crippen molar-refractivity contribution in [2.24, 2.45) is 0 Å². The minimum absolute atomic E-state index is 0. The Morgan fingerprint density at radius 3 is 1.62 bits per heavy atom. The van der Waals surface area contributed by atoms with Crippen molar-refractivity contribution >= 4 is 23.7 Å². The number of aliphatic hydroxyl groups excluding tert-OH is 1. The Kier molecular flexibility index (Phi) is 6.58. The van der Waals surface area contributed by atoms with E-state index in [-0.39, 0.29) is 30.3 Å². The predicted octanol–water partition coefficient (Wildman–Crippen LogP) is -1.23. The summed E-state index contributed by atoms with van der Waals surface area (Å²) in [7, 11) is 6.16. The quantitative estimate of drug-likeness (QED) is 0.468. The van der Waals surface area contributed by atoms with Gasteiger partial charge in [-0.05, 0) is 0 Å². The molecule has 0 unspecified atom stereocenters. The molecule has 0 aliphatic heterocycles. The van der Waals surface area contributed by atoms with Crippen LogP contribution in [0.4, 0.5) is 0 Å². The normalized spacial score (nSPS) is 10.5. The van der Waals surface area contributed by atoms with Gasteiger partial charge in [-0.3, -0.25) is 0 Å². The SMILES string of the molecule is C[N+](C)(C)CCO.[TeH2]. The monoisotopic (exact) mass is 236 g/mol. The zero-order chi connectivity index (χ0) is 5.91. The van der Waals surface area contributed by atoms with Crippen molar-refractivity contribution in [1.29, 1.82) is 0 Å². The Morgan fingerprint density at radius 1 is 1.25 bits per heavy atom. The number of likely N-dealkylation sites (N-methyl/N-ethyl adjacent to an activating group) is 1. The molecule has 2 nitrogen and oxygen atoms in total. The molecule has 0 aliphatic rings. The molecule has 0 fully saturated rings. The number of rotatable bonds is 2. The standard InChI is InChI=1S/C5H14NO.H2Te/c1-6(2,3)4-5-7;/h7H,4-5H2,1-3H3;1H2/q+1;. The maximum atomic E-state index is 8.39. The third kappa shape index (κ3) is 9.86. The van der Waals surface area contributed by atoms with Crippen LogP contribution in [0.5, 0.6) is 0 Å². The molecule has 8 heavy (non-hydrogen) atoms. The van der Waals surface area contributed by atoms with E-state index in [2.05, 4.69) is 21.1 Å². The van der Waals surface area contributed by atoms with Gasteiger partial charge in [0.15, 0.2) is 0 Å². The number of aliphatic hydroxyl groups is 1. The summed E-state index contributed by atoms with van der Waals surface area (Å²) in [6.07, 6.45) is 0. The zero-order valence-corrected chi connectivity index (χ0v) is 8.66. The van der Waals surface area contributed by atoms with Crippen LogP contribution in [0.3, 0.4) is 0 Å². The van der Waals surface area contributed by atoms with Crippen molar-refractivity contribution in [3.63, 3.8) is 0 Å². The summed E-state index contributed by atoms with van der Waals surface area (Å²) in [4.78, 5) is 0. The molecule has 0 spiro atoms. The first-order valence-electron chi connectivity index (χ1n) is 2.47. The first-order chi connectivity index (χ1) is 3.06. The van der Waals surface area contributed by atoms with Gasteiger partial charge in [0.2, 0.25) is 0 Å². The van der Waals surface area contributed by atoms with Gasteiger partial charge in [-0.2, -0.15) is 0 Å². The molecule has 0 aromatic heterocycles. The van der Waals surface area contributed by atoms with Crippen LogP contribution in [0.15, 0.2) is 0 Å². The van der Waals surface area contributed by atoms with Crippen LogP contribution < -0.4 is 0 Å². The van der Waals surface area contributed by atoms with Gasteiger partial charge in [-0.15, -0.1) is 0 Å². The van der Waals surface area contributed by atoms with Crippen LogP contribution in [-0.2, 0) is 0 Å². The van der Waals surface area contributed by atoms with E-state index in [9.17, 15) is 0 Å². The molecule has 1 N–H and O–H groups in total. The number of nitrogens with zero attached hydrogens (tertiary/aromatic N) is 1. The molecule has 0 saturated carbocycles. The average Bonchev–Trinajstić information content (AvgIpc) is 1.30. The van der Waals surface area contributed by atoms with Gasteiger partial charge < -0.3 is 9.59 Å². The molecule has 0 radical (unpaired) electrons. The van der Waals surface area contributed by atoms with Crippen LogP contribution in [0, 0.1) is 0 Å². The summed E-state index contributed by atoms with van der Waals surface area (Å²) in [6, 6.07) is 0. The molecule has 0 aromatic rings. The molecule has 0 aromatic carbocycles. The molecule has 52 valence electrons. The van der Waals surface area contributed by atoms with E-state index in [4.69, 9.17) is 5.11 Å². The molecule has 0 bridgehead atoms. The summed E-state index contributed by atoms with van der Waals surface area (Å²) in [5.74, 6) is 0. The van der Waals surface area contributed by atoms with Crippen LogP contribution >= 0.6 is 0 Å². The van der Waals surface area contributed by atoms with Crippen LogP contribution in [-0.4, -0.2) is 67.6 Å². The fourth-order valence-corrected chi connectivity index (χ4v) is 0.300. The van der Waals surface area contributed by atoms with Crippen LogP contribution in [0.25, 0.3) is 0 Å². The molecule has 0 amide bonds. The Hall–Kier alpha value is 0.710. The van der Waals surface area contributed by atoms with Gasteiger partial charge in [-0.1, -0.05) is 0 Å². The first-order valence-corrected chi connectivity index (χ1v) is 2.47. The second kappa shape index (κ2) is 4.58. The van der Waals surface area contributed by atoms with E-state index in [0.29, 0.717) is 0 Å². The first kappa shape index (κ1) is 11.5. The fraction of sp³-hybridized carbons (Fsp3) is 1.00. The van der Waals surface area contributed by atoms with Gasteiger partial charge in [0.1, 0.15) is 6.54 Å². The van der Waals surface area contributed by atoms with Gasteiger partial charge in [0.05, 0.1) is 27.7 Å². The summed E-state index contributed by atoms with van der Waals surface area (Å²) in [6.45, 7) is 1.11. The number of hydrogen-bond donors (Lipinski definition) is 1.